The number of nitrogens with one attached hydrogen (secondary N) is 2. The molecule has 0 bridgehead atoms. The van der Waals surface area contributed by atoms with E-state index < -0.39 is 5.97 Å². The van der Waals surface area contributed by atoms with Crippen LogP contribution in [0, 0.1) is 0 Å². The van der Waals surface area contributed by atoms with E-state index in [1.54, 1.807) is 12.3 Å². The maximum absolute atomic E-state index is 11.3. The summed E-state index contributed by atoms with van der Waals surface area (Å²) >= 11 is 3.18. The third-order valence-electron chi connectivity index (χ3n) is 1.55. The Balaban J connectivity index is 2.44. The van der Waals surface area contributed by atoms with Gasteiger partial charge in [-0.3, -0.25) is 9.59 Å². The zero-order valence-corrected chi connectivity index (χ0v) is 8.80. The monoisotopic (exact) mass is 260 g/mol. The molecule has 0 aliphatic rings. The van der Waals surface area contributed by atoms with E-state index in [0.29, 0.717) is 10.2 Å². The average molecular weight is 261 g/mol. The summed E-state index contributed by atoms with van der Waals surface area (Å²) in [6.07, 6.45) is 1.54. The largest absolute Gasteiger partial charge is 0.481 e. The number of aliphatic carboxylic acids is 1. The summed E-state index contributed by atoms with van der Waals surface area (Å²) in [4.78, 5) is 24.2. The van der Waals surface area contributed by atoms with Gasteiger partial charge in [0.25, 0.3) is 5.91 Å². The lowest BCUT2D eigenvalue weighted by Crippen LogP contribution is -2.26. The first kappa shape index (κ1) is 10.8. The number of halogens is 1. The van der Waals surface area contributed by atoms with Gasteiger partial charge in [-0.25, -0.2) is 0 Å². The fourth-order valence-corrected chi connectivity index (χ4v) is 1.32. The molecule has 1 amide bonds. The van der Waals surface area contributed by atoms with Gasteiger partial charge in [-0.05, 0) is 22.0 Å². The Morgan fingerprint density at radius 2 is 2.29 bits per heavy atom. The third kappa shape index (κ3) is 2.88. The second kappa shape index (κ2) is 4.80. The van der Waals surface area contributed by atoms with Crippen LogP contribution in [0.2, 0.25) is 0 Å². The molecule has 0 saturated heterocycles. The average Bonchev–Trinajstić information content (AvgIpc) is 2.50. The number of carboxylic acid groups (broad SMARTS) is 1. The normalized spacial score (nSPS) is 9.79. The van der Waals surface area contributed by atoms with Crippen LogP contribution < -0.4 is 5.32 Å². The quantitative estimate of drug-likeness (QED) is 0.755. The van der Waals surface area contributed by atoms with Crippen LogP contribution in [-0.2, 0) is 4.79 Å². The van der Waals surface area contributed by atoms with Crippen LogP contribution >= 0.6 is 15.9 Å². The minimum absolute atomic E-state index is 0.0793. The Labute approximate surface area is 88.6 Å². The predicted molar refractivity (Wildman–Crippen MR) is 53.1 cm³/mol. The van der Waals surface area contributed by atoms with E-state index in [0.717, 1.165) is 0 Å². The van der Waals surface area contributed by atoms with Gasteiger partial charge >= 0.3 is 5.97 Å². The number of H-pyrrole nitrogens is 1. The molecule has 1 rings (SSSR count). The van der Waals surface area contributed by atoms with Gasteiger partial charge in [-0.2, -0.15) is 0 Å². The molecule has 0 spiro atoms. The molecule has 0 unspecified atom stereocenters. The molecule has 0 fully saturated rings. The lowest BCUT2D eigenvalue weighted by molar-refractivity contribution is -0.136. The number of aromatic nitrogens is 1. The number of aromatic amines is 1. The second-order valence-corrected chi connectivity index (χ2v) is 3.45. The number of hydrogen-bond donors (Lipinski definition) is 3. The minimum atomic E-state index is -0.934. The van der Waals surface area contributed by atoms with Crippen LogP contribution in [0.15, 0.2) is 16.7 Å². The van der Waals surface area contributed by atoms with Gasteiger partial charge < -0.3 is 15.4 Å². The van der Waals surface area contributed by atoms with Crippen molar-refractivity contribution in [2.45, 2.75) is 6.42 Å². The lowest BCUT2D eigenvalue weighted by Gasteiger charge is -2.01. The molecule has 6 heteroatoms. The van der Waals surface area contributed by atoms with E-state index in [-0.39, 0.29) is 18.9 Å². The van der Waals surface area contributed by atoms with Gasteiger partial charge in [0.2, 0.25) is 0 Å². The first-order chi connectivity index (χ1) is 6.61. The second-order valence-electron chi connectivity index (χ2n) is 2.60. The number of carbonyl (C=O) groups is 2. The summed E-state index contributed by atoms with van der Waals surface area (Å²) in [5.74, 6) is -1.25. The first-order valence-electron chi connectivity index (χ1n) is 3.94. The van der Waals surface area contributed by atoms with E-state index >= 15 is 0 Å². The lowest BCUT2D eigenvalue weighted by atomic mass is 10.4. The first-order valence-corrected chi connectivity index (χ1v) is 4.73. The zero-order chi connectivity index (χ0) is 10.6. The van der Waals surface area contributed by atoms with E-state index in [4.69, 9.17) is 5.11 Å². The Kier molecular flexibility index (Phi) is 3.70. The molecule has 0 atom stereocenters. The van der Waals surface area contributed by atoms with Crippen molar-refractivity contribution in [3.05, 3.63) is 22.4 Å². The molecule has 1 aromatic rings. The van der Waals surface area contributed by atoms with Crippen molar-refractivity contribution in [1.82, 2.24) is 10.3 Å². The van der Waals surface area contributed by atoms with Crippen molar-refractivity contribution in [2.24, 2.45) is 0 Å². The highest BCUT2D eigenvalue weighted by atomic mass is 79.9. The molecule has 0 aliphatic heterocycles. The number of rotatable bonds is 4. The predicted octanol–water partition coefficient (Wildman–Crippen LogP) is 0.982. The fraction of sp³-hybridized carbons (Fsp3) is 0.250. The van der Waals surface area contributed by atoms with Crippen LogP contribution in [0.5, 0.6) is 0 Å². The molecule has 14 heavy (non-hydrogen) atoms. The van der Waals surface area contributed by atoms with E-state index in [1.165, 1.54) is 0 Å². The summed E-state index contributed by atoms with van der Waals surface area (Å²) in [5, 5.41) is 10.8. The number of amides is 1. The van der Waals surface area contributed by atoms with Gasteiger partial charge in [0.05, 0.1) is 6.42 Å². The zero-order valence-electron chi connectivity index (χ0n) is 7.21. The number of carbonyl (C=O) groups excluding carboxylic acids is 1. The Hall–Kier alpha value is -1.30. The molecule has 0 radical (unpaired) electrons. The van der Waals surface area contributed by atoms with Gasteiger partial charge in [0, 0.05) is 17.2 Å². The highest BCUT2D eigenvalue weighted by molar-refractivity contribution is 9.10. The Morgan fingerprint density at radius 1 is 1.57 bits per heavy atom. The van der Waals surface area contributed by atoms with Gasteiger partial charge in [-0.15, -0.1) is 0 Å². The van der Waals surface area contributed by atoms with Crippen LogP contribution in [0.1, 0.15) is 16.9 Å². The van der Waals surface area contributed by atoms with E-state index in [2.05, 4.69) is 26.2 Å². The van der Waals surface area contributed by atoms with Gasteiger partial charge in [-0.1, -0.05) is 0 Å². The summed E-state index contributed by atoms with van der Waals surface area (Å²) in [6, 6.07) is 1.70. The molecule has 5 nitrogen and oxygen atoms in total. The van der Waals surface area contributed by atoms with Crippen molar-refractivity contribution in [3.63, 3.8) is 0 Å². The Bertz CT molecular complexity index is 348. The van der Waals surface area contributed by atoms with Crippen LogP contribution in [0.4, 0.5) is 0 Å². The Morgan fingerprint density at radius 3 is 2.79 bits per heavy atom. The van der Waals surface area contributed by atoms with E-state index in [1.807, 2.05) is 0 Å². The van der Waals surface area contributed by atoms with Crippen LogP contribution in [0.3, 0.4) is 0 Å². The maximum Gasteiger partial charge on any atom is 0.305 e. The van der Waals surface area contributed by atoms with E-state index in [9.17, 15) is 9.59 Å². The number of hydrogen-bond acceptors (Lipinski definition) is 2. The fourth-order valence-electron chi connectivity index (χ4n) is 0.896. The van der Waals surface area contributed by atoms with Crippen LogP contribution in [0.25, 0.3) is 0 Å². The van der Waals surface area contributed by atoms with Crippen molar-refractivity contribution < 1.29 is 14.7 Å². The molecule has 0 saturated carbocycles. The molecular formula is C8H9BrN2O3. The van der Waals surface area contributed by atoms with Gasteiger partial charge in [0.15, 0.2) is 0 Å². The molecule has 1 heterocycles. The topological polar surface area (TPSA) is 82.2 Å². The molecule has 0 aromatic carbocycles. The summed E-state index contributed by atoms with van der Waals surface area (Å²) in [5.41, 5.74) is 0.399. The summed E-state index contributed by atoms with van der Waals surface area (Å²) in [7, 11) is 0. The molecule has 76 valence electrons. The minimum Gasteiger partial charge on any atom is -0.481 e. The molecule has 0 aliphatic carbocycles. The molecular weight excluding hydrogens is 252 g/mol. The highest BCUT2D eigenvalue weighted by Gasteiger charge is 2.10. The highest BCUT2D eigenvalue weighted by Crippen LogP contribution is 2.13. The third-order valence-corrected chi connectivity index (χ3v) is 2.21. The smallest absolute Gasteiger partial charge is 0.305 e. The summed E-state index contributed by atoms with van der Waals surface area (Å²) < 4.78 is 0.658. The van der Waals surface area contributed by atoms with Gasteiger partial charge in [0.1, 0.15) is 5.69 Å². The molecule has 1 aromatic heterocycles. The van der Waals surface area contributed by atoms with Crippen molar-refractivity contribution >= 4 is 27.8 Å². The maximum atomic E-state index is 11.3. The van der Waals surface area contributed by atoms with Crippen molar-refractivity contribution in [1.29, 1.82) is 0 Å². The SMILES string of the molecule is O=C(O)CCNC(=O)c1[nH]ccc1Br. The molecule has 3 N–H and O–H groups in total. The standard InChI is InChI=1S/C8H9BrN2O3/c9-5-1-3-10-7(5)8(14)11-4-2-6(12)13/h1,3,10H,2,4H2,(H,11,14)(H,12,13). The van der Waals surface area contributed by atoms with Crippen LogP contribution in [-0.4, -0.2) is 28.5 Å². The summed E-state index contributed by atoms with van der Waals surface area (Å²) in [6.45, 7) is 0.125. The number of carboxylic acids is 1. The van der Waals surface area contributed by atoms with Crippen molar-refractivity contribution in [3.8, 4) is 0 Å². The van der Waals surface area contributed by atoms with Crippen molar-refractivity contribution in [2.75, 3.05) is 6.54 Å².